The molecule has 0 radical (unpaired) electrons. The summed E-state index contributed by atoms with van der Waals surface area (Å²) in [6.07, 6.45) is 0. The Hall–Kier alpha value is -0.760. The van der Waals surface area contributed by atoms with Gasteiger partial charge < -0.3 is 0 Å². The first-order valence-electron chi connectivity index (χ1n) is 4.84. The normalized spacial score (nSPS) is 11.1. The summed E-state index contributed by atoms with van der Waals surface area (Å²) >= 11 is 9.89. The highest BCUT2D eigenvalue weighted by Gasteiger charge is 2.05. The number of thioether (sulfide) groups is 1. The molecule has 3 nitrogen and oxygen atoms in total. The highest BCUT2D eigenvalue weighted by atomic mass is 32.2. The second-order valence-corrected chi connectivity index (χ2v) is 7.25. The quantitative estimate of drug-likeness (QED) is 0.583. The third-order valence-corrected chi connectivity index (χ3v) is 5.54. The van der Waals surface area contributed by atoms with Gasteiger partial charge in [-0.3, -0.25) is 5.10 Å². The third-order valence-electron chi connectivity index (χ3n) is 2.08. The molecule has 0 bridgehead atoms. The molecule has 0 amide bonds. The molecule has 3 aromatic rings. The van der Waals surface area contributed by atoms with Crippen molar-refractivity contribution in [2.45, 2.75) is 10.1 Å². The Balaban J connectivity index is 1.78. The average molecular weight is 297 g/mol. The number of hydrogen-bond donors (Lipinski definition) is 1. The van der Waals surface area contributed by atoms with Crippen molar-refractivity contribution in [2.75, 3.05) is 0 Å². The van der Waals surface area contributed by atoms with Gasteiger partial charge in [-0.25, -0.2) is 4.98 Å². The minimum absolute atomic E-state index is 0.719. The SMILES string of the molecule is S=c1[nH]nc(SCc2nc3ccccc3s2)s1. The van der Waals surface area contributed by atoms with E-state index >= 15 is 0 Å². The minimum Gasteiger partial charge on any atom is -0.257 e. The van der Waals surface area contributed by atoms with E-state index in [1.54, 1.807) is 23.1 Å². The first kappa shape index (κ1) is 11.3. The number of benzene rings is 1. The summed E-state index contributed by atoms with van der Waals surface area (Å²) in [6, 6.07) is 8.19. The minimum atomic E-state index is 0.719. The number of para-hydroxylation sites is 1. The lowest BCUT2D eigenvalue weighted by molar-refractivity contribution is 1.00. The van der Waals surface area contributed by atoms with E-state index in [-0.39, 0.29) is 0 Å². The van der Waals surface area contributed by atoms with Gasteiger partial charge >= 0.3 is 0 Å². The maximum absolute atomic E-state index is 4.99. The predicted octanol–water partition coefficient (Wildman–Crippen LogP) is 4.10. The molecule has 2 aromatic heterocycles. The molecule has 0 aliphatic heterocycles. The van der Waals surface area contributed by atoms with Gasteiger partial charge in [-0.1, -0.05) is 35.2 Å². The molecule has 0 unspecified atom stereocenters. The summed E-state index contributed by atoms with van der Waals surface area (Å²) in [4.78, 5) is 4.57. The Kier molecular flexibility index (Phi) is 3.24. The van der Waals surface area contributed by atoms with Crippen molar-refractivity contribution in [1.82, 2.24) is 15.2 Å². The Labute approximate surface area is 115 Å². The Bertz CT molecular complexity index is 663. The fourth-order valence-electron chi connectivity index (χ4n) is 1.38. The second kappa shape index (κ2) is 4.85. The number of nitrogens with zero attached hydrogens (tertiary/aromatic N) is 2. The van der Waals surface area contributed by atoms with Gasteiger partial charge in [-0.15, -0.1) is 11.3 Å². The van der Waals surface area contributed by atoms with E-state index in [9.17, 15) is 0 Å². The fraction of sp³-hybridized carbons (Fsp3) is 0.100. The molecular formula is C10H7N3S4. The van der Waals surface area contributed by atoms with E-state index in [1.807, 2.05) is 18.2 Å². The van der Waals surface area contributed by atoms with Crippen LogP contribution < -0.4 is 0 Å². The van der Waals surface area contributed by atoms with Gasteiger partial charge in [-0.05, 0) is 24.4 Å². The van der Waals surface area contributed by atoms with Crippen molar-refractivity contribution < 1.29 is 0 Å². The molecule has 0 fully saturated rings. The molecule has 1 aromatic carbocycles. The zero-order valence-electron chi connectivity index (χ0n) is 8.54. The molecule has 0 spiro atoms. The van der Waals surface area contributed by atoms with Gasteiger partial charge in [0.05, 0.1) is 16.0 Å². The van der Waals surface area contributed by atoms with E-state index in [2.05, 4.69) is 21.2 Å². The highest BCUT2D eigenvalue weighted by molar-refractivity contribution is 8.00. The van der Waals surface area contributed by atoms with Crippen LogP contribution in [-0.2, 0) is 5.75 Å². The van der Waals surface area contributed by atoms with Crippen LogP contribution in [0.5, 0.6) is 0 Å². The molecule has 86 valence electrons. The van der Waals surface area contributed by atoms with E-state index in [4.69, 9.17) is 12.2 Å². The first-order chi connectivity index (χ1) is 8.31. The van der Waals surface area contributed by atoms with Gasteiger partial charge in [0, 0.05) is 0 Å². The molecule has 0 saturated carbocycles. The smallest absolute Gasteiger partial charge is 0.177 e. The van der Waals surface area contributed by atoms with Crippen LogP contribution in [0.3, 0.4) is 0 Å². The van der Waals surface area contributed by atoms with Crippen LogP contribution in [0.4, 0.5) is 0 Å². The van der Waals surface area contributed by atoms with Gasteiger partial charge in [0.25, 0.3) is 0 Å². The summed E-state index contributed by atoms with van der Waals surface area (Å²) in [5, 5.41) is 8.01. The van der Waals surface area contributed by atoms with Crippen LogP contribution in [0.15, 0.2) is 28.6 Å². The summed E-state index contributed by atoms with van der Waals surface area (Å²) in [6.45, 7) is 0. The van der Waals surface area contributed by atoms with Crippen molar-refractivity contribution >= 4 is 56.9 Å². The van der Waals surface area contributed by atoms with Crippen molar-refractivity contribution in [1.29, 1.82) is 0 Å². The third kappa shape index (κ3) is 2.57. The van der Waals surface area contributed by atoms with Crippen LogP contribution in [-0.4, -0.2) is 15.2 Å². The molecule has 0 aliphatic rings. The first-order valence-corrected chi connectivity index (χ1v) is 7.87. The highest BCUT2D eigenvalue weighted by Crippen LogP contribution is 2.29. The number of aromatic nitrogens is 3. The Morgan fingerprint density at radius 3 is 2.94 bits per heavy atom. The summed E-state index contributed by atoms with van der Waals surface area (Å²) < 4.78 is 2.92. The van der Waals surface area contributed by atoms with Crippen molar-refractivity contribution in [3.05, 3.63) is 33.2 Å². The van der Waals surface area contributed by atoms with Gasteiger partial charge in [0.2, 0.25) is 0 Å². The fourth-order valence-corrected chi connectivity index (χ4v) is 4.42. The predicted molar refractivity (Wildman–Crippen MR) is 76.5 cm³/mol. The number of hydrogen-bond acceptors (Lipinski definition) is 6. The molecule has 2 heterocycles. The second-order valence-electron chi connectivity index (χ2n) is 3.24. The van der Waals surface area contributed by atoms with Crippen molar-refractivity contribution in [3.8, 4) is 0 Å². The van der Waals surface area contributed by atoms with Crippen LogP contribution in [0.2, 0.25) is 0 Å². The van der Waals surface area contributed by atoms with Crippen molar-refractivity contribution in [3.63, 3.8) is 0 Å². The molecule has 1 N–H and O–H groups in total. The number of rotatable bonds is 3. The zero-order valence-corrected chi connectivity index (χ0v) is 11.8. The van der Waals surface area contributed by atoms with Crippen molar-refractivity contribution in [2.24, 2.45) is 0 Å². The molecular weight excluding hydrogens is 290 g/mol. The maximum atomic E-state index is 4.99. The maximum Gasteiger partial charge on any atom is 0.177 e. The van der Waals surface area contributed by atoms with Crippen LogP contribution >= 0.6 is 46.7 Å². The molecule has 0 aliphatic carbocycles. The lowest BCUT2D eigenvalue weighted by Crippen LogP contribution is -1.77. The van der Waals surface area contributed by atoms with E-state index in [0.717, 1.165) is 24.6 Å². The largest absolute Gasteiger partial charge is 0.257 e. The van der Waals surface area contributed by atoms with Crippen LogP contribution in [0, 0.1) is 3.95 Å². The van der Waals surface area contributed by atoms with Gasteiger partial charge in [-0.2, -0.15) is 5.10 Å². The number of aromatic amines is 1. The summed E-state index contributed by atoms with van der Waals surface area (Å²) in [5.41, 5.74) is 1.07. The van der Waals surface area contributed by atoms with Gasteiger partial charge in [0.1, 0.15) is 5.01 Å². The molecule has 7 heteroatoms. The van der Waals surface area contributed by atoms with E-state index in [1.165, 1.54) is 16.0 Å². The molecule has 0 atom stereocenters. The standard InChI is InChI=1S/C10H7N3S4/c14-9-12-13-10(17-9)15-5-8-11-6-3-1-2-4-7(6)16-8/h1-4H,5H2,(H,12,14). The summed E-state index contributed by atoms with van der Waals surface area (Å²) in [7, 11) is 0. The number of thiazole rings is 1. The molecule has 0 saturated heterocycles. The van der Waals surface area contributed by atoms with Gasteiger partial charge in [0.15, 0.2) is 8.29 Å². The topological polar surface area (TPSA) is 41.6 Å². The van der Waals surface area contributed by atoms with Crippen LogP contribution in [0.1, 0.15) is 5.01 Å². The zero-order chi connectivity index (χ0) is 11.7. The molecule has 17 heavy (non-hydrogen) atoms. The monoisotopic (exact) mass is 297 g/mol. The van der Waals surface area contributed by atoms with E-state index < -0.39 is 0 Å². The number of fused-ring (bicyclic) bond motifs is 1. The average Bonchev–Trinajstić information content (AvgIpc) is 2.91. The Morgan fingerprint density at radius 2 is 2.18 bits per heavy atom. The lowest BCUT2D eigenvalue weighted by atomic mass is 10.3. The Morgan fingerprint density at radius 1 is 1.29 bits per heavy atom. The number of H-pyrrole nitrogens is 1. The molecule has 3 rings (SSSR count). The van der Waals surface area contributed by atoms with Crippen LogP contribution in [0.25, 0.3) is 10.2 Å². The summed E-state index contributed by atoms with van der Waals surface area (Å²) in [5.74, 6) is 0.843. The lowest BCUT2D eigenvalue weighted by Gasteiger charge is -1.90. The van der Waals surface area contributed by atoms with E-state index in [0.29, 0.717) is 0 Å². The number of nitrogens with one attached hydrogen (secondary N) is 1.